The zero-order valence-corrected chi connectivity index (χ0v) is 6.79. The van der Waals surface area contributed by atoms with E-state index in [1.165, 1.54) is 6.08 Å². The van der Waals surface area contributed by atoms with Crippen molar-refractivity contribution in [1.29, 1.82) is 0 Å². The van der Waals surface area contributed by atoms with Gasteiger partial charge in [0.1, 0.15) is 18.5 Å². The van der Waals surface area contributed by atoms with Gasteiger partial charge in [0.2, 0.25) is 0 Å². The molecule has 0 aromatic heterocycles. The normalized spacial score (nSPS) is 24.7. The van der Waals surface area contributed by atoms with Crippen LogP contribution >= 0.6 is 0 Å². The fourth-order valence-electron chi connectivity index (χ4n) is 0.876. The highest BCUT2D eigenvalue weighted by Crippen LogP contribution is 2.09. The lowest BCUT2D eigenvalue weighted by atomic mass is 10.2. The Hall–Kier alpha value is -0.830. The van der Waals surface area contributed by atoms with Crippen LogP contribution < -0.4 is 0 Å². The molecule has 0 N–H and O–H groups in total. The maximum Gasteiger partial charge on any atom is 0.187 e. The molecule has 0 radical (unpaired) electrons. The summed E-state index contributed by atoms with van der Waals surface area (Å²) in [6, 6.07) is 0. The van der Waals surface area contributed by atoms with Gasteiger partial charge in [0, 0.05) is 6.08 Å². The number of rotatable bonds is 2. The molecule has 1 atom stereocenters. The van der Waals surface area contributed by atoms with Crippen molar-refractivity contribution in [2.45, 2.75) is 20.0 Å². The number of hydrogen-bond acceptors (Lipinski definition) is 3. The second kappa shape index (κ2) is 3.53. The van der Waals surface area contributed by atoms with Crippen molar-refractivity contribution >= 4 is 5.78 Å². The van der Waals surface area contributed by atoms with Gasteiger partial charge in [-0.2, -0.15) is 0 Å². The summed E-state index contributed by atoms with van der Waals surface area (Å²) in [7, 11) is 0. The zero-order valence-electron chi connectivity index (χ0n) is 6.79. The topological polar surface area (TPSA) is 35.5 Å². The molecule has 1 aliphatic rings. The smallest absolute Gasteiger partial charge is 0.187 e. The lowest BCUT2D eigenvalue weighted by Crippen LogP contribution is -2.26. The molecule has 3 nitrogen and oxygen atoms in total. The Morgan fingerprint density at radius 2 is 2.55 bits per heavy atom. The molecule has 0 fully saturated rings. The number of ether oxygens (including phenoxy) is 2. The first-order chi connectivity index (χ1) is 5.24. The van der Waals surface area contributed by atoms with Crippen molar-refractivity contribution < 1.29 is 14.3 Å². The highest BCUT2D eigenvalue weighted by Gasteiger charge is 2.18. The molecule has 3 heteroatoms. The van der Waals surface area contributed by atoms with Gasteiger partial charge in [-0.25, -0.2) is 0 Å². The lowest BCUT2D eigenvalue weighted by Gasteiger charge is -2.17. The molecule has 0 bridgehead atoms. The molecule has 1 unspecified atom stereocenters. The van der Waals surface area contributed by atoms with Gasteiger partial charge in [-0.1, -0.05) is 0 Å². The van der Waals surface area contributed by atoms with Crippen LogP contribution in [0.5, 0.6) is 0 Å². The number of carbonyl (C=O) groups excluding carboxylic acids is 1. The largest absolute Gasteiger partial charge is 0.496 e. The Labute approximate surface area is 66.0 Å². The quantitative estimate of drug-likeness (QED) is 0.595. The van der Waals surface area contributed by atoms with Crippen molar-refractivity contribution in [2.75, 3.05) is 13.2 Å². The summed E-state index contributed by atoms with van der Waals surface area (Å²) in [4.78, 5) is 11.0. The predicted molar refractivity (Wildman–Crippen MR) is 40.1 cm³/mol. The first-order valence-corrected chi connectivity index (χ1v) is 3.73. The minimum absolute atomic E-state index is 0.0142. The van der Waals surface area contributed by atoms with Gasteiger partial charge in [0.15, 0.2) is 5.78 Å². The molecule has 0 aliphatic carbocycles. The highest BCUT2D eigenvalue weighted by atomic mass is 16.5. The molecule has 0 saturated heterocycles. The van der Waals surface area contributed by atoms with Crippen LogP contribution in [-0.4, -0.2) is 25.1 Å². The fourth-order valence-corrected chi connectivity index (χ4v) is 0.876. The standard InChI is InChI=1S/C8H12O3/c1-3-10-7-4-8(9)6(2)11-5-7/h4,6H,3,5H2,1-2H3. The van der Waals surface area contributed by atoms with E-state index in [-0.39, 0.29) is 11.9 Å². The zero-order chi connectivity index (χ0) is 8.27. The molecule has 0 aromatic rings. The van der Waals surface area contributed by atoms with Crippen LogP contribution in [0.1, 0.15) is 13.8 Å². The molecule has 0 aromatic carbocycles. The van der Waals surface area contributed by atoms with E-state index < -0.39 is 0 Å². The van der Waals surface area contributed by atoms with Gasteiger partial charge in [-0.15, -0.1) is 0 Å². The van der Waals surface area contributed by atoms with Crippen molar-refractivity contribution in [1.82, 2.24) is 0 Å². The third-order valence-electron chi connectivity index (χ3n) is 1.51. The summed E-state index contributed by atoms with van der Waals surface area (Å²) >= 11 is 0. The van der Waals surface area contributed by atoms with Crippen LogP contribution in [0.15, 0.2) is 11.8 Å². The highest BCUT2D eigenvalue weighted by molar-refractivity contribution is 5.94. The second-order valence-corrected chi connectivity index (χ2v) is 2.40. The Morgan fingerprint density at radius 1 is 1.82 bits per heavy atom. The number of ketones is 1. The maximum atomic E-state index is 11.0. The minimum atomic E-state index is -0.306. The molecule has 1 heterocycles. The summed E-state index contributed by atoms with van der Waals surface area (Å²) in [6.45, 7) is 4.61. The summed E-state index contributed by atoms with van der Waals surface area (Å²) in [5.41, 5.74) is 0. The second-order valence-electron chi connectivity index (χ2n) is 2.40. The molecule has 1 aliphatic heterocycles. The average Bonchev–Trinajstić information content (AvgIpc) is 1.98. The molecule has 0 amide bonds. The van der Waals surface area contributed by atoms with E-state index in [4.69, 9.17) is 9.47 Å². The summed E-state index contributed by atoms with van der Waals surface area (Å²) in [5, 5.41) is 0. The Morgan fingerprint density at radius 3 is 3.09 bits per heavy atom. The van der Waals surface area contributed by atoms with Crippen molar-refractivity contribution in [3.8, 4) is 0 Å². The van der Waals surface area contributed by atoms with E-state index in [0.717, 1.165) is 0 Å². The molecule has 11 heavy (non-hydrogen) atoms. The van der Waals surface area contributed by atoms with E-state index in [1.807, 2.05) is 6.92 Å². The Bertz CT molecular complexity index is 184. The molecule has 62 valence electrons. The van der Waals surface area contributed by atoms with E-state index in [1.54, 1.807) is 6.92 Å². The van der Waals surface area contributed by atoms with E-state index >= 15 is 0 Å². The molecular formula is C8H12O3. The minimum Gasteiger partial charge on any atom is -0.496 e. The van der Waals surface area contributed by atoms with Gasteiger partial charge in [-0.05, 0) is 13.8 Å². The molecule has 0 spiro atoms. The fraction of sp³-hybridized carbons (Fsp3) is 0.625. The van der Waals surface area contributed by atoms with Crippen LogP contribution in [0.3, 0.4) is 0 Å². The summed E-state index contributed by atoms with van der Waals surface area (Å²) in [5.74, 6) is 0.621. The van der Waals surface area contributed by atoms with Crippen LogP contribution in [0.2, 0.25) is 0 Å². The summed E-state index contributed by atoms with van der Waals surface area (Å²) in [6.07, 6.45) is 1.21. The third-order valence-corrected chi connectivity index (χ3v) is 1.51. The average molecular weight is 156 g/mol. The SMILES string of the molecule is CCOC1=CC(=O)C(C)OC1. The van der Waals surface area contributed by atoms with E-state index in [2.05, 4.69) is 0 Å². The van der Waals surface area contributed by atoms with E-state index in [0.29, 0.717) is 19.0 Å². The Kier molecular flexibility index (Phi) is 2.65. The first-order valence-electron chi connectivity index (χ1n) is 3.73. The molecule has 1 rings (SSSR count). The van der Waals surface area contributed by atoms with Gasteiger partial charge >= 0.3 is 0 Å². The van der Waals surface area contributed by atoms with Gasteiger partial charge in [0.25, 0.3) is 0 Å². The van der Waals surface area contributed by atoms with Gasteiger partial charge in [0.05, 0.1) is 6.61 Å². The van der Waals surface area contributed by atoms with Crippen LogP contribution in [0.25, 0.3) is 0 Å². The predicted octanol–water partition coefficient (Wildman–Crippen LogP) is 0.895. The summed E-state index contributed by atoms with van der Waals surface area (Å²) < 4.78 is 10.2. The van der Waals surface area contributed by atoms with E-state index in [9.17, 15) is 4.79 Å². The Balaban J connectivity index is 2.56. The number of hydrogen-bond donors (Lipinski definition) is 0. The maximum absolute atomic E-state index is 11.0. The third kappa shape index (κ3) is 2.05. The van der Waals surface area contributed by atoms with Crippen molar-refractivity contribution in [3.63, 3.8) is 0 Å². The van der Waals surface area contributed by atoms with Gasteiger partial charge in [-0.3, -0.25) is 4.79 Å². The monoisotopic (exact) mass is 156 g/mol. The number of carbonyl (C=O) groups is 1. The van der Waals surface area contributed by atoms with Crippen LogP contribution in [0, 0.1) is 0 Å². The molecule has 0 saturated carbocycles. The van der Waals surface area contributed by atoms with Crippen LogP contribution in [0.4, 0.5) is 0 Å². The van der Waals surface area contributed by atoms with Crippen LogP contribution in [-0.2, 0) is 14.3 Å². The molecular weight excluding hydrogens is 144 g/mol. The first kappa shape index (κ1) is 8.27. The van der Waals surface area contributed by atoms with Crippen molar-refractivity contribution in [2.24, 2.45) is 0 Å². The van der Waals surface area contributed by atoms with Crippen molar-refractivity contribution in [3.05, 3.63) is 11.8 Å². The lowest BCUT2D eigenvalue weighted by molar-refractivity contribution is -0.126. The van der Waals surface area contributed by atoms with Gasteiger partial charge < -0.3 is 9.47 Å².